The van der Waals surface area contributed by atoms with Gasteiger partial charge in [0.15, 0.2) is 0 Å². The quantitative estimate of drug-likeness (QED) is 0.183. The van der Waals surface area contributed by atoms with Gasteiger partial charge in [-0.15, -0.1) is 0 Å². The Morgan fingerprint density at radius 3 is 1.25 bits per heavy atom. The minimum absolute atomic E-state index is 0.857. The van der Waals surface area contributed by atoms with Crippen molar-refractivity contribution in [2.75, 3.05) is 23.9 Å². The zero-order valence-corrected chi connectivity index (χ0v) is 41.5. The van der Waals surface area contributed by atoms with Gasteiger partial charge in [0.25, 0.3) is 0 Å². The molecule has 0 radical (unpaired) electrons. The molecule has 326 valence electrons. The number of H-pyrrole nitrogens is 2. The molecule has 0 aliphatic carbocycles. The molecule has 4 aliphatic heterocycles. The molecule has 3 aromatic heterocycles. The Hall–Kier alpha value is -6.82. The lowest BCUT2D eigenvalue weighted by Gasteiger charge is -2.29. The Bertz CT molecular complexity index is 3560. The number of aromatic amines is 2. The zero-order valence-electron chi connectivity index (χ0n) is 36.7. The molecule has 4 aliphatic rings. The van der Waals surface area contributed by atoms with Crippen LogP contribution >= 0.6 is 55.4 Å². The number of nitrogens with one attached hydrogen (secondary N) is 2. The molecule has 0 amide bonds. The number of fused-ring (bicyclic) bond motifs is 12. The van der Waals surface area contributed by atoms with Crippen LogP contribution in [0.4, 0.5) is 22.7 Å². The van der Waals surface area contributed by atoms with Gasteiger partial charge >= 0.3 is 0 Å². The number of para-hydroxylation sites is 2. The second kappa shape index (κ2) is 16.5. The highest BCUT2D eigenvalue weighted by Gasteiger charge is 2.24. The van der Waals surface area contributed by atoms with Gasteiger partial charge in [-0.2, -0.15) is 0 Å². The Kier molecular flexibility index (Phi) is 10.0. The first-order valence-electron chi connectivity index (χ1n) is 22.3. The smallest absolute Gasteiger partial charge is 0.0736 e. The summed E-state index contributed by atoms with van der Waals surface area (Å²) in [6, 6.07) is 61.0. The second-order valence-electron chi connectivity index (χ2n) is 17.3. The van der Waals surface area contributed by atoms with Crippen molar-refractivity contribution in [3.8, 4) is 22.3 Å². The van der Waals surface area contributed by atoms with Crippen molar-refractivity contribution in [1.29, 1.82) is 0 Å². The molecular formula is C58H38Br2N6S2. The van der Waals surface area contributed by atoms with Crippen molar-refractivity contribution in [1.82, 2.24) is 19.9 Å². The number of halogens is 2. The van der Waals surface area contributed by atoms with Crippen molar-refractivity contribution >= 4 is 123 Å². The van der Waals surface area contributed by atoms with Gasteiger partial charge < -0.3 is 19.8 Å². The van der Waals surface area contributed by atoms with Crippen LogP contribution in [0.2, 0.25) is 0 Å². The van der Waals surface area contributed by atoms with Gasteiger partial charge in [0.2, 0.25) is 0 Å². The van der Waals surface area contributed by atoms with E-state index in [1.807, 2.05) is 23.5 Å². The average Bonchev–Trinajstić information content (AvgIpc) is 4.15. The maximum atomic E-state index is 5.39. The molecule has 13 rings (SSSR count). The first kappa shape index (κ1) is 41.4. The lowest BCUT2D eigenvalue weighted by molar-refractivity contribution is 1.11. The molecule has 0 atom stereocenters. The van der Waals surface area contributed by atoms with Crippen LogP contribution in [0, 0.1) is 0 Å². The lowest BCUT2D eigenvalue weighted by atomic mass is 10.0. The van der Waals surface area contributed by atoms with Gasteiger partial charge in [0, 0.05) is 87.0 Å². The molecule has 0 unspecified atom stereocenters. The van der Waals surface area contributed by atoms with Gasteiger partial charge in [0.1, 0.15) is 0 Å². The van der Waals surface area contributed by atoms with Crippen molar-refractivity contribution in [3.05, 3.63) is 213 Å². The van der Waals surface area contributed by atoms with E-state index in [-0.39, 0.29) is 0 Å². The van der Waals surface area contributed by atoms with Crippen LogP contribution in [0.5, 0.6) is 0 Å². The molecule has 9 aromatic rings. The first-order valence-corrected chi connectivity index (χ1v) is 25.5. The van der Waals surface area contributed by atoms with Crippen molar-refractivity contribution in [3.63, 3.8) is 0 Å². The van der Waals surface area contributed by atoms with Gasteiger partial charge in [-0.3, -0.25) is 0 Å². The molecule has 7 heterocycles. The fourth-order valence-corrected chi connectivity index (χ4v) is 12.6. The largest absolute Gasteiger partial charge is 0.355 e. The van der Waals surface area contributed by atoms with Crippen molar-refractivity contribution in [2.45, 2.75) is 19.6 Å². The molecular weight excluding hydrogens is 1000 g/mol. The number of hydrogen-bond acceptors (Lipinski definition) is 6. The molecule has 0 saturated heterocycles. The standard InChI is InChI=1S/C58H38Br2N6S2/c1-65-51-7-3-5-9-55(51)67-57-23-35(15-21-53(57)65)45-27-41-29-47-44(34-13-19-38(60)20-14-34)26-40(62-47)32-50-46(36-16-22-54-58(24-36)68-56-10-6-4-8-52(56)66(54)2)28-42(64-50)30-48-43(33-11-17-37(59)18-12-33)25-39(61-48)31-49(45)63-41/h3-32,63-64H,1-2H3. The summed E-state index contributed by atoms with van der Waals surface area (Å²) in [6.07, 6.45) is 4.41. The summed E-state index contributed by atoms with van der Waals surface area (Å²) in [4.78, 5) is 27.9. The molecule has 8 bridgehead atoms. The van der Waals surface area contributed by atoms with E-state index in [4.69, 9.17) is 9.97 Å². The number of nitrogens with zero attached hydrogens (tertiary/aromatic N) is 4. The molecule has 6 aromatic carbocycles. The Morgan fingerprint density at radius 1 is 0.412 bits per heavy atom. The van der Waals surface area contributed by atoms with Gasteiger partial charge in [-0.05, 0) is 144 Å². The summed E-state index contributed by atoms with van der Waals surface area (Å²) in [7, 11) is 4.30. The third-order valence-corrected chi connectivity index (χ3v) is 16.3. The van der Waals surface area contributed by atoms with Crippen LogP contribution < -0.4 is 9.80 Å². The van der Waals surface area contributed by atoms with Crippen LogP contribution in [0.15, 0.2) is 198 Å². The Balaban J connectivity index is 1.04. The van der Waals surface area contributed by atoms with E-state index in [9.17, 15) is 0 Å². The predicted octanol–water partition coefficient (Wildman–Crippen LogP) is 16.8. The minimum atomic E-state index is 0.857. The van der Waals surface area contributed by atoms with E-state index in [1.54, 1.807) is 0 Å². The van der Waals surface area contributed by atoms with E-state index in [0.29, 0.717) is 0 Å². The summed E-state index contributed by atoms with van der Waals surface area (Å²) in [6.45, 7) is 0. The molecule has 0 spiro atoms. The summed E-state index contributed by atoms with van der Waals surface area (Å²) in [5.41, 5.74) is 20.8. The van der Waals surface area contributed by atoms with Crippen LogP contribution in [-0.4, -0.2) is 34.0 Å². The highest BCUT2D eigenvalue weighted by Crippen LogP contribution is 2.50. The maximum Gasteiger partial charge on any atom is 0.0736 e. The van der Waals surface area contributed by atoms with E-state index < -0.39 is 0 Å². The molecule has 0 saturated carbocycles. The fourth-order valence-electron chi connectivity index (χ4n) is 9.65. The maximum absolute atomic E-state index is 5.39. The fraction of sp³-hybridized carbons (Fsp3) is 0.0345. The van der Waals surface area contributed by atoms with E-state index in [2.05, 4.69) is 248 Å². The minimum Gasteiger partial charge on any atom is -0.355 e. The predicted molar refractivity (Wildman–Crippen MR) is 291 cm³/mol. The zero-order chi connectivity index (χ0) is 45.6. The Morgan fingerprint density at radius 2 is 0.809 bits per heavy atom. The molecule has 2 N–H and O–H groups in total. The summed E-state index contributed by atoms with van der Waals surface area (Å²) >= 11 is 11.0. The molecule has 68 heavy (non-hydrogen) atoms. The van der Waals surface area contributed by atoms with E-state index in [0.717, 1.165) is 98.3 Å². The van der Waals surface area contributed by atoms with Crippen molar-refractivity contribution < 1.29 is 0 Å². The first-order chi connectivity index (χ1) is 33.2. The van der Waals surface area contributed by atoms with E-state index >= 15 is 0 Å². The molecule has 10 heteroatoms. The summed E-state index contributed by atoms with van der Waals surface area (Å²) in [5.74, 6) is 0. The lowest BCUT2D eigenvalue weighted by Crippen LogP contribution is -2.14. The summed E-state index contributed by atoms with van der Waals surface area (Å²) < 4.78 is 2.06. The highest BCUT2D eigenvalue weighted by molar-refractivity contribution is 9.10. The highest BCUT2D eigenvalue weighted by atomic mass is 79.9. The average molecular weight is 1040 g/mol. The third kappa shape index (κ3) is 7.34. The van der Waals surface area contributed by atoms with Crippen molar-refractivity contribution in [2.24, 2.45) is 0 Å². The van der Waals surface area contributed by atoms with Gasteiger partial charge in [-0.1, -0.05) is 116 Å². The number of anilines is 4. The Labute approximate surface area is 418 Å². The van der Waals surface area contributed by atoms with Crippen LogP contribution in [0.3, 0.4) is 0 Å². The third-order valence-electron chi connectivity index (χ3n) is 13.0. The number of hydrogen-bond donors (Lipinski definition) is 2. The summed E-state index contributed by atoms with van der Waals surface area (Å²) in [5, 5.41) is 0. The molecule has 6 nitrogen and oxygen atoms in total. The second-order valence-corrected chi connectivity index (χ2v) is 21.3. The van der Waals surface area contributed by atoms with Crippen LogP contribution in [-0.2, 0) is 0 Å². The van der Waals surface area contributed by atoms with Gasteiger partial charge in [0.05, 0.1) is 45.5 Å². The van der Waals surface area contributed by atoms with Crippen LogP contribution in [0.25, 0.3) is 67.6 Å². The SMILES string of the molecule is CN1c2ccccc2Sc2cc(-c3cc4cc5nc(cc6[nH]c(cc7nc(cc3[nH]4)C=C7c3ccc(Br)cc3)cc6-c3ccc4c(c3)Sc3ccccc3N4C)C=C5c3ccc(Br)cc3)ccc21. The molecule has 0 fully saturated rings. The topological polar surface area (TPSA) is 63.8 Å². The monoisotopic (exact) mass is 1040 g/mol. The number of aromatic nitrogens is 4. The van der Waals surface area contributed by atoms with Gasteiger partial charge in [-0.25, -0.2) is 9.97 Å². The number of rotatable bonds is 4. The van der Waals surface area contributed by atoms with Crippen LogP contribution in [0.1, 0.15) is 33.9 Å². The normalized spacial score (nSPS) is 13.6. The van der Waals surface area contributed by atoms with E-state index in [1.165, 1.54) is 42.3 Å². The number of benzene rings is 6.